The molecule has 1 aromatic carbocycles. The fourth-order valence-corrected chi connectivity index (χ4v) is 6.08. The molecule has 2 heterocycles. The van der Waals surface area contributed by atoms with Crippen LogP contribution in [0.1, 0.15) is 45.6 Å². The first-order chi connectivity index (χ1) is 15.8. The highest BCUT2D eigenvalue weighted by Gasteiger charge is 2.44. The Morgan fingerprint density at radius 2 is 2.06 bits per heavy atom. The number of anilines is 1. The number of Topliss-reactive ketones (excluding diaryl/α,β-unsaturated/α-hetero) is 1. The highest BCUT2D eigenvalue weighted by Crippen LogP contribution is 2.48. The molecule has 2 aliphatic rings. The van der Waals surface area contributed by atoms with Crippen LogP contribution in [0.4, 0.5) is 5.13 Å². The fourth-order valence-electron chi connectivity index (χ4n) is 4.27. The summed E-state index contributed by atoms with van der Waals surface area (Å²) in [7, 11) is 0. The van der Waals surface area contributed by atoms with Crippen molar-refractivity contribution in [3.8, 4) is 6.07 Å². The lowest BCUT2D eigenvalue weighted by Crippen LogP contribution is -2.42. The van der Waals surface area contributed by atoms with E-state index in [0.29, 0.717) is 34.9 Å². The molecule has 8 heteroatoms. The number of allylic oxidation sites excluding steroid dienone is 4. The summed E-state index contributed by atoms with van der Waals surface area (Å²) in [5.41, 5.74) is 9.25. The van der Waals surface area contributed by atoms with Gasteiger partial charge in [-0.3, -0.25) is 9.69 Å². The van der Waals surface area contributed by atoms with E-state index in [0.717, 1.165) is 27.8 Å². The van der Waals surface area contributed by atoms with Gasteiger partial charge in [0.1, 0.15) is 5.82 Å². The molecule has 2 N–H and O–H groups in total. The minimum Gasteiger partial charge on any atom is -0.384 e. The van der Waals surface area contributed by atoms with Gasteiger partial charge < -0.3 is 5.73 Å². The lowest BCUT2D eigenvalue weighted by molar-refractivity contribution is -0.118. The van der Waals surface area contributed by atoms with Crippen molar-refractivity contribution in [3.63, 3.8) is 0 Å². The second-order valence-electron chi connectivity index (χ2n) is 8.99. The Kier molecular flexibility index (Phi) is 6.73. The number of nitriles is 1. The van der Waals surface area contributed by atoms with Crippen LogP contribution in [-0.4, -0.2) is 21.7 Å². The van der Waals surface area contributed by atoms with Crippen LogP contribution in [0.2, 0.25) is 0 Å². The molecule has 1 atom stereocenters. The Labute approximate surface area is 202 Å². The Morgan fingerprint density at radius 1 is 1.30 bits per heavy atom. The second kappa shape index (κ2) is 9.54. The van der Waals surface area contributed by atoms with Gasteiger partial charge in [0.15, 0.2) is 10.1 Å². The number of carbonyl (C=O) groups is 1. The molecule has 6 nitrogen and oxygen atoms in total. The molecule has 0 radical (unpaired) electrons. The maximum Gasteiger partial charge on any atom is 0.219 e. The molecule has 2 aromatic rings. The van der Waals surface area contributed by atoms with E-state index in [1.807, 2.05) is 42.5 Å². The molecule has 33 heavy (non-hydrogen) atoms. The van der Waals surface area contributed by atoms with Gasteiger partial charge in [-0.05, 0) is 23.8 Å². The first-order valence-corrected chi connectivity index (χ1v) is 12.8. The molecule has 0 spiro atoms. The second-order valence-corrected chi connectivity index (χ2v) is 11.3. The van der Waals surface area contributed by atoms with Crippen LogP contribution in [0.15, 0.2) is 63.4 Å². The van der Waals surface area contributed by atoms with Crippen molar-refractivity contribution in [1.82, 2.24) is 10.2 Å². The maximum absolute atomic E-state index is 13.4. The van der Waals surface area contributed by atoms with Crippen LogP contribution < -0.4 is 10.6 Å². The molecule has 1 aliphatic carbocycles. The highest BCUT2D eigenvalue weighted by molar-refractivity contribution is 8.01. The van der Waals surface area contributed by atoms with Crippen molar-refractivity contribution in [2.45, 2.75) is 44.4 Å². The summed E-state index contributed by atoms with van der Waals surface area (Å²) < 4.78 is 0.854. The van der Waals surface area contributed by atoms with Gasteiger partial charge in [0, 0.05) is 29.4 Å². The van der Waals surface area contributed by atoms with Crippen molar-refractivity contribution in [3.05, 3.63) is 64.6 Å². The Balaban J connectivity index is 1.83. The molecule has 0 saturated heterocycles. The predicted molar refractivity (Wildman–Crippen MR) is 134 cm³/mol. The average molecular weight is 478 g/mol. The third-order valence-electron chi connectivity index (χ3n) is 5.72. The SMILES string of the molecule is CCCSc1nnc(N2C(N)=C(C#N)C(/C=C/c3ccccc3)C3=C2CC(C)(C)CC3=O)s1. The number of hydrogen-bond donors (Lipinski definition) is 1. The molecule has 1 aromatic heterocycles. The van der Waals surface area contributed by atoms with E-state index in [-0.39, 0.29) is 11.2 Å². The van der Waals surface area contributed by atoms with Crippen molar-refractivity contribution < 1.29 is 4.79 Å². The van der Waals surface area contributed by atoms with E-state index in [1.165, 1.54) is 11.3 Å². The van der Waals surface area contributed by atoms with E-state index in [2.05, 4.69) is 37.0 Å². The number of carbonyl (C=O) groups excluding carboxylic acids is 1. The van der Waals surface area contributed by atoms with Gasteiger partial charge in [0.25, 0.3) is 0 Å². The minimum absolute atomic E-state index is 0.0549. The lowest BCUT2D eigenvalue weighted by atomic mass is 9.70. The number of benzene rings is 1. The zero-order valence-electron chi connectivity index (χ0n) is 19.0. The van der Waals surface area contributed by atoms with Gasteiger partial charge in [-0.15, -0.1) is 10.2 Å². The summed E-state index contributed by atoms with van der Waals surface area (Å²) in [6.07, 6.45) is 6.01. The summed E-state index contributed by atoms with van der Waals surface area (Å²) in [5.74, 6) is 0.855. The van der Waals surface area contributed by atoms with Gasteiger partial charge >= 0.3 is 0 Å². The Hall–Kier alpha value is -2.89. The average Bonchev–Trinajstić information content (AvgIpc) is 3.24. The molecule has 0 saturated carbocycles. The lowest BCUT2D eigenvalue weighted by Gasteiger charge is -2.41. The molecule has 4 rings (SSSR count). The van der Waals surface area contributed by atoms with Crippen LogP contribution >= 0.6 is 23.1 Å². The van der Waals surface area contributed by atoms with Crippen molar-refractivity contribution in [2.24, 2.45) is 17.1 Å². The third kappa shape index (κ3) is 4.75. The zero-order valence-corrected chi connectivity index (χ0v) is 20.7. The van der Waals surface area contributed by atoms with Crippen LogP contribution in [0.25, 0.3) is 6.08 Å². The quantitative estimate of drug-likeness (QED) is 0.547. The summed E-state index contributed by atoms with van der Waals surface area (Å²) in [6, 6.07) is 12.1. The van der Waals surface area contributed by atoms with Crippen molar-refractivity contribution >= 4 is 40.1 Å². The largest absolute Gasteiger partial charge is 0.384 e. The zero-order chi connectivity index (χ0) is 23.6. The number of hydrogen-bond acceptors (Lipinski definition) is 8. The minimum atomic E-state index is -0.480. The van der Waals surface area contributed by atoms with Crippen LogP contribution in [0, 0.1) is 22.7 Å². The van der Waals surface area contributed by atoms with E-state index in [9.17, 15) is 10.1 Å². The number of nitrogens with zero attached hydrogens (tertiary/aromatic N) is 4. The molecular weight excluding hydrogens is 450 g/mol. The monoisotopic (exact) mass is 477 g/mol. The van der Waals surface area contributed by atoms with Gasteiger partial charge in [0.2, 0.25) is 5.13 Å². The van der Waals surface area contributed by atoms with Gasteiger partial charge in [-0.25, -0.2) is 0 Å². The molecule has 1 aliphatic heterocycles. The molecular formula is C25H27N5OS2. The van der Waals surface area contributed by atoms with Crippen LogP contribution in [0.5, 0.6) is 0 Å². The molecule has 0 bridgehead atoms. The number of nitrogens with two attached hydrogens (primary N) is 1. The van der Waals surface area contributed by atoms with Gasteiger partial charge in [-0.2, -0.15) is 5.26 Å². The number of aromatic nitrogens is 2. The van der Waals surface area contributed by atoms with Crippen LogP contribution in [-0.2, 0) is 4.79 Å². The summed E-state index contributed by atoms with van der Waals surface area (Å²) in [4.78, 5) is 15.2. The Morgan fingerprint density at radius 3 is 2.76 bits per heavy atom. The number of ketones is 1. The predicted octanol–water partition coefficient (Wildman–Crippen LogP) is 5.53. The third-order valence-corrected chi connectivity index (χ3v) is 7.97. The Bertz CT molecular complexity index is 1190. The van der Waals surface area contributed by atoms with E-state index >= 15 is 0 Å². The molecule has 1 unspecified atom stereocenters. The molecule has 0 amide bonds. The summed E-state index contributed by atoms with van der Waals surface area (Å²) >= 11 is 3.10. The highest BCUT2D eigenvalue weighted by atomic mass is 32.2. The van der Waals surface area contributed by atoms with E-state index in [4.69, 9.17) is 5.73 Å². The first-order valence-electron chi connectivity index (χ1n) is 11.0. The normalized spacial score (nSPS) is 20.4. The number of rotatable bonds is 6. The van der Waals surface area contributed by atoms with Crippen molar-refractivity contribution in [2.75, 3.05) is 10.7 Å². The van der Waals surface area contributed by atoms with Gasteiger partial charge in [0.05, 0.1) is 11.6 Å². The van der Waals surface area contributed by atoms with E-state index < -0.39 is 5.92 Å². The summed E-state index contributed by atoms with van der Waals surface area (Å²) in [5, 5.41) is 19.4. The maximum atomic E-state index is 13.4. The number of thioether (sulfide) groups is 1. The summed E-state index contributed by atoms with van der Waals surface area (Å²) in [6.45, 7) is 6.30. The van der Waals surface area contributed by atoms with Crippen LogP contribution in [0.3, 0.4) is 0 Å². The molecule has 170 valence electrons. The first kappa shape index (κ1) is 23.3. The van der Waals surface area contributed by atoms with E-state index in [1.54, 1.807) is 16.7 Å². The topological polar surface area (TPSA) is 95.9 Å². The smallest absolute Gasteiger partial charge is 0.219 e. The molecule has 0 fully saturated rings. The fraction of sp³-hybridized carbons (Fsp3) is 0.360. The van der Waals surface area contributed by atoms with Gasteiger partial charge in [-0.1, -0.05) is 86.4 Å². The standard InChI is InChI=1S/C25H27N5OS2/c1-4-12-32-24-29-28-23(33-24)30-19-13-25(2,3)14-20(31)21(19)17(18(15-26)22(30)27)11-10-16-8-6-5-7-9-16/h5-11,17H,4,12-14,27H2,1-3H3/b11-10+. The van der Waals surface area contributed by atoms with Crippen molar-refractivity contribution in [1.29, 1.82) is 5.26 Å².